The third-order valence-corrected chi connectivity index (χ3v) is 3.34. The Hall–Kier alpha value is -1.10. The zero-order valence-corrected chi connectivity index (χ0v) is 12.9. The third-order valence-electron chi connectivity index (χ3n) is 3.34. The molecule has 0 radical (unpaired) electrons. The van der Waals surface area contributed by atoms with Crippen molar-refractivity contribution < 1.29 is 14.9 Å². The molecule has 0 saturated carbocycles. The van der Waals surface area contributed by atoms with Crippen molar-refractivity contribution in [2.24, 2.45) is 0 Å². The summed E-state index contributed by atoms with van der Waals surface area (Å²) in [6.45, 7) is 7.01. The molecule has 0 aromatic heterocycles. The number of nitrogens with zero attached hydrogens (tertiary/aromatic N) is 1. The lowest BCUT2D eigenvalue weighted by atomic mass is 10.1. The highest BCUT2D eigenvalue weighted by atomic mass is 16.5. The molecule has 2 atom stereocenters. The van der Waals surface area contributed by atoms with Crippen LogP contribution in [0.1, 0.15) is 26.3 Å². The number of phenolic OH excluding ortho intramolecular Hbond substituents is 1. The van der Waals surface area contributed by atoms with Gasteiger partial charge in [-0.15, -0.1) is 0 Å². The standard InChI is InChI=1S/C16H27NO3/c1-12(2)20-11-16(19)10-17(4)13(3)9-14-5-7-15(18)8-6-14/h5-8,12-13,16,18-19H,9-11H2,1-4H3. The number of rotatable bonds is 8. The predicted molar refractivity (Wildman–Crippen MR) is 81.0 cm³/mol. The summed E-state index contributed by atoms with van der Waals surface area (Å²) < 4.78 is 5.41. The van der Waals surface area contributed by atoms with Crippen molar-refractivity contribution in [3.8, 4) is 5.75 Å². The van der Waals surface area contributed by atoms with Crippen LogP contribution in [-0.4, -0.2) is 53.6 Å². The van der Waals surface area contributed by atoms with E-state index in [1.165, 1.54) is 5.56 Å². The van der Waals surface area contributed by atoms with Gasteiger partial charge in [-0.2, -0.15) is 0 Å². The number of aromatic hydroxyl groups is 1. The van der Waals surface area contributed by atoms with Crippen molar-refractivity contribution in [1.82, 2.24) is 4.90 Å². The lowest BCUT2D eigenvalue weighted by Crippen LogP contribution is -2.39. The summed E-state index contributed by atoms with van der Waals surface area (Å²) in [5, 5.41) is 19.2. The predicted octanol–water partition coefficient (Wildman–Crippen LogP) is 2.04. The van der Waals surface area contributed by atoms with Gasteiger partial charge in [0.05, 0.1) is 18.8 Å². The lowest BCUT2D eigenvalue weighted by molar-refractivity contribution is -0.00932. The molecule has 0 fully saturated rings. The summed E-state index contributed by atoms with van der Waals surface area (Å²) >= 11 is 0. The van der Waals surface area contributed by atoms with Crippen LogP contribution in [0.3, 0.4) is 0 Å². The molecule has 4 heteroatoms. The van der Waals surface area contributed by atoms with E-state index in [0.717, 1.165) is 6.42 Å². The van der Waals surface area contributed by atoms with Crippen molar-refractivity contribution >= 4 is 0 Å². The van der Waals surface area contributed by atoms with Gasteiger partial charge in [0, 0.05) is 12.6 Å². The second-order valence-corrected chi connectivity index (χ2v) is 5.70. The fraction of sp³-hybridized carbons (Fsp3) is 0.625. The number of benzene rings is 1. The third kappa shape index (κ3) is 6.37. The van der Waals surface area contributed by atoms with Gasteiger partial charge in [-0.05, 0) is 51.9 Å². The maximum Gasteiger partial charge on any atom is 0.115 e. The maximum atomic E-state index is 9.92. The maximum absolute atomic E-state index is 9.92. The highest BCUT2D eigenvalue weighted by molar-refractivity contribution is 5.26. The Morgan fingerprint density at radius 2 is 1.75 bits per heavy atom. The minimum Gasteiger partial charge on any atom is -0.508 e. The van der Waals surface area contributed by atoms with E-state index in [1.54, 1.807) is 12.1 Å². The fourth-order valence-electron chi connectivity index (χ4n) is 2.00. The first-order valence-electron chi connectivity index (χ1n) is 7.16. The zero-order chi connectivity index (χ0) is 15.1. The summed E-state index contributed by atoms with van der Waals surface area (Å²) in [6, 6.07) is 7.57. The summed E-state index contributed by atoms with van der Waals surface area (Å²) in [5.74, 6) is 0.288. The Balaban J connectivity index is 2.38. The summed E-state index contributed by atoms with van der Waals surface area (Å²) in [5.41, 5.74) is 1.18. The highest BCUT2D eigenvalue weighted by Crippen LogP contribution is 2.13. The fourth-order valence-corrected chi connectivity index (χ4v) is 2.00. The lowest BCUT2D eigenvalue weighted by Gasteiger charge is -2.27. The minimum absolute atomic E-state index is 0.143. The Morgan fingerprint density at radius 1 is 1.15 bits per heavy atom. The quantitative estimate of drug-likeness (QED) is 0.765. The summed E-state index contributed by atoms with van der Waals surface area (Å²) in [6.07, 6.45) is 0.559. The first-order chi connectivity index (χ1) is 9.38. The van der Waals surface area contributed by atoms with E-state index in [9.17, 15) is 10.2 Å². The van der Waals surface area contributed by atoms with Crippen LogP contribution in [0.25, 0.3) is 0 Å². The van der Waals surface area contributed by atoms with Crippen molar-refractivity contribution in [3.05, 3.63) is 29.8 Å². The van der Waals surface area contributed by atoms with Gasteiger partial charge < -0.3 is 19.8 Å². The molecule has 0 aliphatic rings. The van der Waals surface area contributed by atoms with E-state index in [0.29, 0.717) is 19.2 Å². The molecule has 0 spiro atoms. The first-order valence-corrected chi connectivity index (χ1v) is 7.16. The largest absolute Gasteiger partial charge is 0.508 e. The van der Waals surface area contributed by atoms with E-state index >= 15 is 0 Å². The number of phenols is 1. The molecule has 0 saturated heterocycles. The van der Waals surface area contributed by atoms with Gasteiger partial charge in [0.1, 0.15) is 5.75 Å². The number of hydrogen-bond acceptors (Lipinski definition) is 4. The number of hydrogen-bond donors (Lipinski definition) is 2. The van der Waals surface area contributed by atoms with Crippen molar-refractivity contribution in [3.63, 3.8) is 0 Å². The van der Waals surface area contributed by atoms with Crippen LogP contribution in [0.5, 0.6) is 5.75 Å². The number of aliphatic hydroxyl groups excluding tert-OH is 1. The van der Waals surface area contributed by atoms with Gasteiger partial charge in [0.2, 0.25) is 0 Å². The SMILES string of the molecule is CC(C)OCC(O)CN(C)C(C)Cc1ccc(O)cc1. The molecule has 1 rings (SSSR count). The first kappa shape index (κ1) is 17.0. The van der Waals surface area contributed by atoms with E-state index in [-0.39, 0.29) is 11.9 Å². The smallest absolute Gasteiger partial charge is 0.115 e. The molecule has 0 amide bonds. The molecule has 0 heterocycles. The van der Waals surface area contributed by atoms with E-state index in [4.69, 9.17) is 4.74 Å². The molecule has 20 heavy (non-hydrogen) atoms. The number of likely N-dealkylation sites (N-methyl/N-ethyl adjacent to an activating group) is 1. The van der Waals surface area contributed by atoms with Gasteiger partial charge in [-0.1, -0.05) is 12.1 Å². The molecule has 1 aromatic carbocycles. The molecule has 0 bridgehead atoms. The molecule has 114 valence electrons. The molecule has 0 aliphatic carbocycles. The van der Waals surface area contributed by atoms with Gasteiger partial charge in [0.15, 0.2) is 0 Å². The zero-order valence-electron chi connectivity index (χ0n) is 12.9. The minimum atomic E-state index is -0.468. The van der Waals surface area contributed by atoms with Crippen LogP contribution in [-0.2, 0) is 11.2 Å². The van der Waals surface area contributed by atoms with Crippen LogP contribution < -0.4 is 0 Å². The van der Waals surface area contributed by atoms with Crippen molar-refractivity contribution in [2.45, 2.75) is 45.4 Å². The van der Waals surface area contributed by atoms with Crippen LogP contribution >= 0.6 is 0 Å². The van der Waals surface area contributed by atoms with E-state index in [2.05, 4.69) is 11.8 Å². The monoisotopic (exact) mass is 281 g/mol. The number of aliphatic hydroxyl groups is 1. The normalized spacial score (nSPS) is 14.8. The molecule has 2 unspecified atom stereocenters. The van der Waals surface area contributed by atoms with Crippen LogP contribution in [0.15, 0.2) is 24.3 Å². The van der Waals surface area contributed by atoms with Crippen LogP contribution in [0, 0.1) is 0 Å². The van der Waals surface area contributed by atoms with Gasteiger partial charge >= 0.3 is 0 Å². The van der Waals surface area contributed by atoms with Gasteiger partial charge in [-0.25, -0.2) is 0 Å². The van der Waals surface area contributed by atoms with E-state index in [1.807, 2.05) is 33.0 Å². The highest BCUT2D eigenvalue weighted by Gasteiger charge is 2.15. The topological polar surface area (TPSA) is 52.9 Å². The van der Waals surface area contributed by atoms with Crippen LogP contribution in [0.4, 0.5) is 0 Å². The molecule has 1 aromatic rings. The summed E-state index contributed by atoms with van der Waals surface area (Å²) in [7, 11) is 2.00. The Bertz CT molecular complexity index is 378. The molecule has 0 aliphatic heterocycles. The van der Waals surface area contributed by atoms with E-state index < -0.39 is 6.10 Å². The Kier molecular flexibility index (Phi) is 6.99. The number of ether oxygens (including phenoxy) is 1. The summed E-state index contributed by atoms with van der Waals surface area (Å²) in [4.78, 5) is 2.13. The molecular formula is C16H27NO3. The average molecular weight is 281 g/mol. The molecule has 4 nitrogen and oxygen atoms in total. The van der Waals surface area contributed by atoms with Crippen molar-refractivity contribution in [2.75, 3.05) is 20.2 Å². The van der Waals surface area contributed by atoms with Gasteiger partial charge in [0.25, 0.3) is 0 Å². The second-order valence-electron chi connectivity index (χ2n) is 5.70. The Morgan fingerprint density at radius 3 is 2.30 bits per heavy atom. The Labute approximate surface area is 122 Å². The average Bonchev–Trinajstić information content (AvgIpc) is 2.39. The van der Waals surface area contributed by atoms with Crippen molar-refractivity contribution in [1.29, 1.82) is 0 Å². The second kappa shape index (κ2) is 8.25. The van der Waals surface area contributed by atoms with Gasteiger partial charge in [-0.3, -0.25) is 0 Å². The molecule has 2 N–H and O–H groups in total. The molecular weight excluding hydrogens is 254 g/mol. The van der Waals surface area contributed by atoms with Crippen LogP contribution in [0.2, 0.25) is 0 Å².